The number of fused-ring (bicyclic) bond motifs is 1. The summed E-state index contributed by atoms with van der Waals surface area (Å²) in [5.41, 5.74) is 3.74. The third-order valence-electron chi connectivity index (χ3n) is 5.06. The van der Waals surface area contributed by atoms with Crippen molar-refractivity contribution < 1.29 is 19.1 Å². The molecular weight excluding hydrogens is 406 g/mol. The Morgan fingerprint density at radius 1 is 0.875 bits per heavy atom. The highest BCUT2D eigenvalue weighted by molar-refractivity contribution is 6.01. The molecule has 7 heteroatoms. The molecule has 7 nitrogen and oxygen atoms in total. The minimum Gasteiger partial charge on any atom is -0.486 e. The van der Waals surface area contributed by atoms with Crippen molar-refractivity contribution in [3.8, 4) is 11.5 Å². The molecule has 0 aliphatic carbocycles. The molecule has 3 amide bonds. The van der Waals surface area contributed by atoms with E-state index in [0.717, 1.165) is 16.7 Å². The van der Waals surface area contributed by atoms with Crippen LogP contribution >= 0.6 is 0 Å². The Kier molecular flexibility index (Phi) is 6.67. The Labute approximate surface area is 186 Å². The van der Waals surface area contributed by atoms with E-state index in [2.05, 4.69) is 16.0 Å². The monoisotopic (exact) mass is 431 g/mol. The third-order valence-corrected chi connectivity index (χ3v) is 5.06. The number of rotatable bonds is 6. The second kappa shape index (κ2) is 9.98. The van der Waals surface area contributed by atoms with E-state index in [1.165, 1.54) is 0 Å². The molecule has 1 atom stereocenters. The number of nitrogens with one attached hydrogen (secondary N) is 3. The van der Waals surface area contributed by atoms with E-state index in [9.17, 15) is 9.59 Å². The van der Waals surface area contributed by atoms with Crippen LogP contribution in [0.3, 0.4) is 0 Å². The third kappa shape index (κ3) is 5.44. The highest BCUT2D eigenvalue weighted by atomic mass is 16.6. The molecule has 3 N–H and O–H groups in total. The van der Waals surface area contributed by atoms with E-state index in [1.807, 2.05) is 61.5 Å². The van der Waals surface area contributed by atoms with Crippen molar-refractivity contribution in [3.05, 3.63) is 89.5 Å². The van der Waals surface area contributed by atoms with E-state index in [1.54, 1.807) is 18.2 Å². The summed E-state index contributed by atoms with van der Waals surface area (Å²) >= 11 is 0. The summed E-state index contributed by atoms with van der Waals surface area (Å²) in [6.45, 7) is 2.95. The molecule has 3 aromatic carbocycles. The topological polar surface area (TPSA) is 88.7 Å². The van der Waals surface area contributed by atoms with Crippen molar-refractivity contribution in [3.63, 3.8) is 0 Å². The molecule has 1 heterocycles. The lowest BCUT2D eigenvalue weighted by atomic mass is 9.98. The number of urea groups is 1. The van der Waals surface area contributed by atoms with Crippen molar-refractivity contribution in [2.75, 3.05) is 25.1 Å². The Morgan fingerprint density at radius 2 is 1.56 bits per heavy atom. The fraction of sp³-hybridized carbons (Fsp3) is 0.200. The normalized spacial score (nSPS) is 13.2. The Hall–Kier alpha value is -3.84. The van der Waals surface area contributed by atoms with Crippen LogP contribution in [-0.2, 0) is 4.79 Å². The van der Waals surface area contributed by atoms with Gasteiger partial charge < -0.3 is 14.8 Å². The average Bonchev–Trinajstić information content (AvgIpc) is 2.81. The Balaban J connectivity index is 1.36. The number of benzene rings is 3. The molecule has 0 saturated heterocycles. The molecule has 164 valence electrons. The van der Waals surface area contributed by atoms with Gasteiger partial charge in [0.1, 0.15) is 13.2 Å². The second-order valence-electron chi connectivity index (χ2n) is 7.50. The van der Waals surface area contributed by atoms with Crippen LogP contribution < -0.4 is 25.4 Å². The number of ether oxygens (including phenoxy) is 2. The number of hydrogen-bond donors (Lipinski definition) is 3. The summed E-state index contributed by atoms with van der Waals surface area (Å²) in [7, 11) is 0. The van der Waals surface area contributed by atoms with Gasteiger partial charge in [-0.25, -0.2) is 4.79 Å². The molecule has 3 aromatic rings. The van der Waals surface area contributed by atoms with Gasteiger partial charge >= 0.3 is 6.03 Å². The van der Waals surface area contributed by atoms with E-state index in [4.69, 9.17) is 9.47 Å². The fourth-order valence-corrected chi connectivity index (χ4v) is 3.48. The molecule has 0 saturated carbocycles. The number of amides is 3. The predicted octanol–water partition coefficient (Wildman–Crippen LogP) is 3.79. The molecular formula is C25H25N3O4. The van der Waals surface area contributed by atoms with Crippen molar-refractivity contribution in [2.24, 2.45) is 0 Å². The number of carbonyl (C=O) groups excluding carboxylic acids is 2. The van der Waals surface area contributed by atoms with Gasteiger partial charge in [-0.1, -0.05) is 60.2 Å². The number of hydrogen-bond acceptors (Lipinski definition) is 5. The number of aryl methyl sites for hydroxylation is 1. The van der Waals surface area contributed by atoms with Gasteiger partial charge in [0.25, 0.3) is 0 Å². The van der Waals surface area contributed by atoms with E-state index in [0.29, 0.717) is 30.4 Å². The molecule has 0 bridgehead atoms. The molecule has 4 rings (SSSR count). The summed E-state index contributed by atoms with van der Waals surface area (Å²) in [6.07, 6.45) is 0. The van der Waals surface area contributed by atoms with Crippen molar-refractivity contribution in [1.82, 2.24) is 10.6 Å². The quantitative estimate of drug-likeness (QED) is 0.553. The smallest absolute Gasteiger partial charge is 0.325 e. The molecule has 0 spiro atoms. The minimum absolute atomic E-state index is 0.0258. The summed E-state index contributed by atoms with van der Waals surface area (Å²) in [4.78, 5) is 24.7. The van der Waals surface area contributed by atoms with Crippen LogP contribution in [0.1, 0.15) is 22.7 Å². The predicted molar refractivity (Wildman–Crippen MR) is 122 cm³/mol. The van der Waals surface area contributed by atoms with Crippen LogP contribution in [-0.4, -0.2) is 31.7 Å². The lowest BCUT2D eigenvalue weighted by Gasteiger charge is -2.20. The maximum Gasteiger partial charge on any atom is 0.325 e. The maximum absolute atomic E-state index is 12.4. The van der Waals surface area contributed by atoms with Crippen LogP contribution in [0.15, 0.2) is 72.8 Å². The highest BCUT2D eigenvalue weighted by Crippen LogP contribution is 2.32. The largest absolute Gasteiger partial charge is 0.486 e. The summed E-state index contributed by atoms with van der Waals surface area (Å²) < 4.78 is 11.0. The van der Waals surface area contributed by atoms with Crippen LogP contribution in [0, 0.1) is 6.92 Å². The van der Waals surface area contributed by atoms with Gasteiger partial charge in [0, 0.05) is 11.8 Å². The molecule has 0 aromatic heterocycles. The van der Waals surface area contributed by atoms with E-state index < -0.39 is 11.9 Å². The van der Waals surface area contributed by atoms with E-state index >= 15 is 0 Å². The zero-order chi connectivity index (χ0) is 22.3. The van der Waals surface area contributed by atoms with Gasteiger partial charge in [-0.05, 0) is 30.2 Å². The van der Waals surface area contributed by atoms with Crippen molar-refractivity contribution >= 4 is 17.6 Å². The number of carbonyl (C=O) groups is 2. The minimum atomic E-state index is -0.611. The average molecular weight is 431 g/mol. The standard InChI is InChI=1S/C25H25N3O4/c1-17-7-9-19(10-8-17)24(18-5-3-2-4-6-18)26-16-23(29)28-25(30)27-20-11-12-21-22(15-20)32-14-13-31-21/h2-12,15,24,26H,13-14,16H2,1H3,(H2,27,28,29,30). The molecule has 0 fully saturated rings. The van der Waals surface area contributed by atoms with Gasteiger partial charge in [-0.2, -0.15) is 0 Å². The zero-order valence-electron chi connectivity index (χ0n) is 17.8. The van der Waals surface area contributed by atoms with Crippen LogP contribution in [0.25, 0.3) is 0 Å². The van der Waals surface area contributed by atoms with E-state index in [-0.39, 0.29) is 12.6 Å². The van der Waals surface area contributed by atoms with Gasteiger partial charge in [-0.15, -0.1) is 0 Å². The lowest BCUT2D eigenvalue weighted by Crippen LogP contribution is -2.41. The second-order valence-corrected chi connectivity index (χ2v) is 7.50. The van der Waals surface area contributed by atoms with Gasteiger partial charge in [0.05, 0.1) is 12.6 Å². The number of anilines is 1. The molecule has 0 radical (unpaired) electrons. The fourth-order valence-electron chi connectivity index (χ4n) is 3.48. The summed E-state index contributed by atoms with van der Waals surface area (Å²) in [5.74, 6) is 0.754. The molecule has 32 heavy (non-hydrogen) atoms. The molecule has 1 unspecified atom stereocenters. The Bertz CT molecular complexity index is 1080. The number of imide groups is 1. The molecule has 1 aliphatic rings. The maximum atomic E-state index is 12.4. The highest BCUT2D eigenvalue weighted by Gasteiger charge is 2.17. The summed E-state index contributed by atoms with van der Waals surface area (Å²) in [6, 6.07) is 22.3. The van der Waals surface area contributed by atoms with Gasteiger partial charge in [0.2, 0.25) is 5.91 Å². The van der Waals surface area contributed by atoms with Gasteiger partial charge in [-0.3, -0.25) is 15.4 Å². The van der Waals surface area contributed by atoms with Crippen LogP contribution in [0.5, 0.6) is 11.5 Å². The summed E-state index contributed by atoms with van der Waals surface area (Å²) in [5, 5.41) is 8.25. The SMILES string of the molecule is Cc1ccc(C(NCC(=O)NC(=O)Nc2ccc3c(c2)OCCO3)c2ccccc2)cc1. The zero-order valence-corrected chi connectivity index (χ0v) is 17.8. The molecule has 1 aliphatic heterocycles. The first-order valence-corrected chi connectivity index (χ1v) is 10.4. The van der Waals surface area contributed by atoms with Gasteiger partial charge in [0.15, 0.2) is 11.5 Å². The first-order chi connectivity index (χ1) is 15.6. The van der Waals surface area contributed by atoms with Crippen molar-refractivity contribution in [2.45, 2.75) is 13.0 Å². The van der Waals surface area contributed by atoms with Crippen molar-refractivity contribution in [1.29, 1.82) is 0 Å². The lowest BCUT2D eigenvalue weighted by molar-refractivity contribution is -0.119. The Morgan fingerprint density at radius 3 is 2.31 bits per heavy atom. The van der Waals surface area contributed by atoms with Crippen LogP contribution in [0.4, 0.5) is 10.5 Å². The van der Waals surface area contributed by atoms with Crippen LogP contribution in [0.2, 0.25) is 0 Å². The first kappa shape index (κ1) is 21.4. The first-order valence-electron chi connectivity index (χ1n) is 10.4.